The lowest BCUT2D eigenvalue weighted by Crippen LogP contribution is -2.27. The van der Waals surface area contributed by atoms with Crippen LogP contribution in [-0.2, 0) is 11.3 Å². The summed E-state index contributed by atoms with van der Waals surface area (Å²) in [6, 6.07) is 7.00. The van der Waals surface area contributed by atoms with Gasteiger partial charge in [0, 0.05) is 12.5 Å². The Kier molecular flexibility index (Phi) is 3.34. The second-order valence-electron chi connectivity index (χ2n) is 6.43. The van der Waals surface area contributed by atoms with Crippen LogP contribution in [0.1, 0.15) is 68.1 Å². The minimum Gasteiger partial charge on any atom is -0.352 e. The van der Waals surface area contributed by atoms with Gasteiger partial charge in [0.15, 0.2) is 0 Å². The zero-order valence-corrected chi connectivity index (χ0v) is 11.9. The second kappa shape index (κ2) is 4.99. The predicted molar refractivity (Wildman–Crippen MR) is 77.1 cm³/mol. The maximum absolute atomic E-state index is 11.7. The molecule has 0 aliphatic heterocycles. The molecule has 0 aromatic heterocycles. The Labute approximate surface area is 115 Å². The zero-order chi connectivity index (χ0) is 13.4. The average Bonchev–Trinajstić information content (AvgIpc) is 3.28. The predicted octanol–water partition coefficient (Wildman–Crippen LogP) is 3.71. The normalized spacial score (nSPS) is 18.7. The molecule has 1 amide bonds. The van der Waals surface area contributed by atoms with Crippen LogP contribution in [0.15, 0.2) is 18.2 Å². The van der Waals surface area contributed by atoms with Gasteiger partial charge in [-0.05, 0) is 54.2 Å². The fourth-order valence-electron chi connectivity index (χ4n) is 2.55. The van der Waals surface area contributed by atoms with E-state index in [0.29, 0.717) is 6.54 Å². The summed E-state index contributed by atoms with van der Waals surface area (Å²) < 4.78 is 0. The van der Waals surface area contributed by atoms with Crippen LogP contribution < -0.4 is 5.32 Å². The summed E-state index contributed by atoms with van der Waals surface area (Å²) in [6.07, 6.45) is 5.36. The van der Waals surface area contributed by atoms with E-state index in [-0.39, 0.29) is 11.8 Å². The molecule has 1 aromatic rings. The number of hydrogen-bond donors (Lipinski definition) is 1. The molecule has 0 unspecified atom stereocenters. The Hall–Kier alpha value is -1.31. The molecule has 2 nitrogen and oxygen atoms in total. The van der Waals surface area contributed by atoms with E-state index in [0.717, 1.165) is 11.8 Å². The van der Waals surface area contributed by atoms with Crippen molar-refractivity contribution in [3.05, 3.63) is 34.9 Å². The van der Waals surface area contributed by atoms with Gasteiger partial charge in [-0.25, -0.2) is 0 Å². The highest BCUT2D eigenvalue weighted by molar-refractivity contribution is 5.77. The van der Waals surface area contributed by atoms with E-state index in [9.17, 15) is 4.79 Å². The standard InChI is InChI=1S/C17H23NO/c1-11(2)17(19)18-10-12-7-15(13-3-4-13)9-16(8-12)14-5-6-14/h7-9,11,13-14H,3-6,10H2,1-2H3,(H,18,19). The monoisotopic (exact) mass is 257 g/mol. The SMILES string of the molecule is CC(C)C(=O)NCc1cc(C2CC2)cc(C2CC2)c1. The van der Waals surface area contributed by atoms with E-state index in [4.69, 9.17) is 0 Å². The van der Waals surface area contributed by atoms with Crippen LogP contribution in [-0.4, -0.2) is 5.91 Å². The summed E-state index contributed by atoms with van der Waals surface area (Å²) in [7, 11) is 0. The first kappa shape index (κ1) is 12.7. The third-order valence-electron chi connectivity index (χ3n) is 4.13. The van der Waals surface area contributed by atoms with E-state index in [1.165, 1.54) is 42.4 Å². The molecular weight excluding hydrogens is 234 g/mol. The highest BCUT2D eigenvalue weighted by atomic mass is 16.1. The van der Waals surface area contributed by atoms with Gasteiger partial charge in [-0.1, -0.05) is 32.0 Å². The van der Waals surface area contributed by atoms with Gasteiger partial charge in [0.25, 0.3) is 0 Å². The van der Waals surface area contributed by atoms with Crippen molar-refractivity contribution in [2.24, 2.45) is 5.92 Å². The van der Waals surface area contributed by atoms with Crippen LogP contribution in [0.4, 0.5) is 0 Å². The van der Waals surface area contributed by atoms with Gasteiger partial charge in [-0.3, -0.25) is 4.79 Å². The third kappa shape index (κ3) is 3.17. The van der Waals surface area contributed by atoms with Crippen molar-refractivity contribution in [1.29, 1.82) is 0 Å². The zero-order valence-electron chi connectivity index (χ0n) is 11.9. The van der Waals surface area contributed by atoms with Crippen LogP contribution in [0.5, 0.6) is 0 Å². The molecule has 0 radical (unpaired) electrons. The molecule has 2 heteroatoms. The van der Waals surface area contributed by atoms with E-state index < -0.39 is 0 Å². The Morgan fingerprint density at radius 1 is 1.11 bits per heavy atom. The molecule has 2 saturated carbocycles. The molecule has 3 rings (SSSR count). The first-order valence-electron chi connectivity index (χ1n) is 7.55. The highest BCUT2D eigenvalue weighted by Crippen LogP contribution is 2.45. The fourth-order valence-corrected chi connectivity index (χ4v) is 2.55. The molecule has 102 valence electrons. The Morgan fingerprint density at radius 2 is 1.63 bits per heavy atom. The van der Waals surface area contributed by atoms with Crippen molar-refractivity contribution >= 4 is 5.91 Å². The van der Waals surface area contributed by atoms with Gasteiger partial charge in [-0.2, -0.15) is 0 Å². The number of hydrogen-bond acceptors (Lipinski definition) is 1. The van der Waals surface area contributed by atoms with Gasteiger partial charge in [0.2, 0.25) is 5.91 Å². The van der Waals surface area contributed by atoms with Gasteiger partial charge >= 0.3 is 0 Å². The van der Waals surface area contributed by atoms with Gasteiger partial charge in [0.1, 0.15) is 0 Å². The number of nitrogens with one attached hydrogen (secondary N) is 1. The molecule has 1 aromatic carbocycles. The van der Waals surface area contributed by atoms with Crippen LogP contribution in [0.2, 0.25) is 0 Å². The molecule has 0 saturated heterocycles. The van der Waals surface area contributed by atoms with Crippen molar-refractivity contribution in [2.45, 2.75) is 57.9 Å². The number of carbonyl (C=O) groups is 1. The van der Waals surface area contributed by atoms with Crippen molar-refractivity contribution in [2.75, 3.05) is 0 Å². The Balaban J connectivity index is 1.73. The summed E-state index contributed by atoms with van der Waals surface area (Å²) in [5, 5.41) is 3.03. The van der Waals surface area contributed by atoms with Crippen molar-refractivity contribution < 1.29 is 4.79 Å². The lowest BCUT2D eigenvalue weighted by molar-refractivity contribution is -0.124. The van der Waals surface area contributed by atoms with Crippen molar-refractivity contribution in [3.63, 3.8) is 0 Å². The largest absolute Gasteiger partial charge is 0.352 e. The molecular formula is C17H23NO. The summed E-state index contributed by atoms with van der Waals surface area (Å²) in [6.45, 7) is 4.55. The molecule has 2 fully saturated rings. The van der Waals surface area contributed by atoms with Gasteiger partial charge in [0.05, 0.1) is 0 Å². The Bertz CT molecular complexity index is 454. The van der Waals surface area contributed by atoms with E-state index >= 15 is 0 Å². The number of benzene rings is 1. The van der Waals surface area contributed by atoms with Crippen LogP contribution in [0.3, 0.4) is 0 Å². The summed E-state index contributed by atoms with van der Waals surface area (Å²) >= 11 is 0. The van der Waals surface area contributed by atoms with E-state index in [1.54, 1.807) is 0 Å². The lowest BCUT2D eigenvalue weighted by Gasteiger charge is -2.11. The smallest absolute Gasteiger partial charge is 0.222 e. The average molecular weight is 257 g/mol. The maximum Gasteiger partial charge on any atom is 0.222 e. The van der Waals surface area contributed by atoms with Crippen molar-refractivity contribution in [1.82, 2.24) is 5.32 Å². The Morgan fingerprint density at radius 3 is 2.05 bits per heavy atom. The summed E-state index contributed by atoms with van der Waals surface area (Å²) in [5.41, 5.74) is 4.27. The topological polar surface area (TPSA) is 29.1 Å². The molecule has 0 atom stereocenters. The van der Waals surface area contributed by atoms with E-state index in [2.05, 4.69) is 23.5 Å². The summed E-state index contributed by atoms with van der Waals surface area (Å²) in [4.78, 5) is 11.7. The quantitative estimate of drug-likeness (QED) is 0.856. The van der Waals surface area contributed by atoms with Gasteiger partial charge in [-0.15, -0.1) is 0 Å². The second-order valence-corrected chi connectivity index (χ2v) is 6.43. The molecule has 2 aliphatic rings. The maximum atomic E-state index is 11.7. The summed E-state index contributed by atoms with van der Waals surface area (Å²) in [5.74, 6) is 1.79. The molecule has 1 N–H and O–H groups in total. The number of carbonyl (C=O) groups excluding carboxylic acids is 1. The van der Waals surface area contributed by atoms with Crippen LogP contribution in [0, 0.1) is 5.92 Å². The fraction of sp³-hybridized carbons (Fsp3) is 0.588. The first-order chi connectivity index (χ1) is 9.13. The first-order valence-corrected chi connectivity index (χ1v) is 7.55. The molecule has 0 heterocycles. The molecule has 19 heavy (non-hydrogen) atoms. The van der Waals surface area contributed by atoms with Crippen LogP contribution in [0.25, 0.3) is 0 Å². The third-order valence-corrected chi connectivity index (χ3v) is 4.13. The lowest BCUT2D eigenvalue weighted by atomic mass is 10.00. The molecule has 0 bridgehead atoms. The van der Waals surface area contributed by atoms with Gasteiger partial charge < -0.3 is 5.32 Å². The minimum atomic E-state index is 0.0644. The molecule has 0 spiro atoms. The van der Waals surface area contributed by atoms with Crippen LogP contribution >= 0.6 is 0 Å². The highest BCUT2D eigenvalue weighted by Gasteiger charge is 2.28. The number of rotatable bonds is 5. The van der Waals surface area contributed by atoms with Crippen molar-refractivity contribution in [3.8, 4) is 0 Å². The minimum absolute atomic E-state index is 0.0644. The molecule has 2 aliphatic carbocycles. The van der Waals surface area contributed by atoms with E-state index in [1.807, 2.05) is 13.8 Å². The number of amides is 1.